The van der Waals surface area contributed by atoms with Crippen LogP contribution in [0.3, 0.4) is 0 Å². The van der Waals surface area contributed by atoms with Crippen LogP contribution in [-0.4, -0.2) is 53.5 Å². The number of rotatable bonds is 11. The SMILES string of the molecule is CSCC[C@H](NC(=O)[C@H](CC(C)C)NC(=O)CO)C(=O)Nc1ccc2c(c1)Oc1cc(N)ccc1C21OCc2ccccc21. The van der Waals surface area contributed by atoms with E-state index in [-0.39, 0.29) is 5.92 Å². The molecule has 0 aliphatic carbocycles. The molecule has 2 heterocycles. The molecule has 2 aliphatic rings. The Hall–Kier alpha value is -4.06. The first-order valence-electron chi connectivity index (χ1n) is 14.6. The van der Waals surface area contributed by atoms with Crippen LogP contribution < -0.4 is 26.4 Å². The molecule has 11 heteroatoms. The van der Waals surface area contributed by atoms with Crippen LogP contribution in [0.5, 0.6) is 11.5 Å². The number of benzene rings is 3. The van der Waals surface area contributed by atoms with Crippen LogP contribution in [0.15, 0.2) is 60.7 Å². The van der Waals surface area contributed by atoms with E-state index in [4.69, 9.17) is 15.2 Å². The van der Waals surface area contributed by atoms with Crippen LogP contribution in [0.25, 0.3) is 0 Å². The number of aliphatic hydroxyl groups excluding tert-OH is 1. The number of anilines is 2. The number of carbonyl (C=O) groups excluding carboxylic acids is 3. The first-order chi connectivity index (χ1) is 21.2. The largest absolute Gasteiger partial charge is 0.456 e. The maximum absolute atomic E-state index is 13.6. The summed E-state index contributed by atoms with van der Waals surface area (Å²) in [5.41, 5.74) is 10.0. The summed E-state index contributed by atoms with van der Waals surface area (Å²) in [5, 5.41) is 17.5. The van der Waals surface area contributed by atoms with Gasteiger partial charge in [-0.2, -0.15) is 11.8 Å². The van der Waals surface area contributed by atoms with Crippen molar-refractivity contribution in [2.45, 2.75) is 51.0 Å². The molecule has 3 aromatic rings. The molecule has 6 N–H and O–H groups in total. The second kappa shape index (κ2) is 13.3. The van der Waals surface area contributed by atoms with Crippen LogP contribution in [-0.2, 0) is 31.3 Å². The van der Waals surface area contributed by atoms with Crippen molar-refractivity contribution in [2.75, 3.05) is 29.7 Å². The second-order valence-corrected chi connectivity index (χ2v) is 12.4. The topological polar surface area (TPSA) is 152 Å². The minimum absolute atomic E-state index is 0.0956. The van der Waals surface area contributed by atoms with Gasteiger partial charge in [0.25, 0.3) is 0 Å². The standard InChI is InChI=1S/C33H38N4O6S/c1-19(2)14-27(36-30(39)17-38)32(41)37-26(12-13-44-3)31(40)35-22-9-11-25-29(16-22)43-28-15-21(34)8-10-24(28)33(25)23-7-5-4-6-20(23)18-42-33/h4-11,15-16,19,26-27,38H,12-14,17-18,34H2,1-3H3,(H,35,40)(H,36,39)(H,37,41)/t26-,27-,33?/m0/s1. The molecule has 5 rings (SSSR count). The molecule has 3 aromatic carbocycles. The van der Waals surface area contributed by atoms with Gasteiger partial charge in [0.1, 0.15) is 30.2 Å². The Kier molecular flexibility index (Phi) is 9.48. The summed E-state index contributed by atoms with van der Waals surface area (Å²) in [6.07, 6.45) is 2.66. The molecule has 0 fully saturated rings. The molecule has 3 atom stereocenters. The van der Waals surface area contributed by atoms with Gasteiger partial charge < -0.3 is 36.3 Å². The fourth-order valence-electron chi connectivity index (χ4n) is 5.80. The first-order valence-corrected chi connectivity index (χ1v) is 16.0. The van der Waals surface area contributed by atoms with Gasteiger partial charge in [-0.15, -0.1) is 0 Å². The number of nitrogens with one attached hydrogen (secondary N) is 3. The lowest BCUT2D eigenvalue weighted by atomic mass is 9.77. The number of hydrogen-bond donors (Lipinski definition) is 5. The number of nitrogens with two attached hydrogens (primary N) is 1. The zero-order valence-corrected chi connectivity index (χ0v) is 25.8. The molecule has 10 nitrogen and oxygen atoms in total. The van der Waals surface area contributed by atoms with Crippen LogP contribution in [0.2, 0.25) is 0 Å². The third-order valence-electron chi connectivity index (χ3n) is 7.82. The van der Waals surface area contributed by atoms with Crippen molar-refractivity contribution in [1.82, 2.24) is 10.6 Å². The molecule has 0 saturated heterocycles. The van der Waals surface area contributed by atoms with E-state index in [1.54, 1.807) is 30.0 Å². The van der Waals surface area contributed by atoms with Crippen LogP contribution >= 0.6 is 11.8 Å². The summed E-state index contributed by atoms with van der Waals surface area (Å²) >= 11 is 1.55. The zero-order chi connectivity index (χ0) is 31.4. The van der Waals surface area contributed by atoms with Crippen LogP contribution in [0.1, 0.15) is 48.9 Å². The summed E-state index contributed by atoms with van der Waals surface area (Å²) in [4.78, 5) is 38.6. The molecule has 0 bridgehead atoms. The van der Waals surface area contributed by atoms with E-state index in [0.717, 1.165) is 22.3 Å². The predicted molar refractivity (Wildman–Crippen MR) is 171 cm³/mol. The number of aliphatic hydroxyl groups is 1. The third-order valence-corrected chi connectivity index (χ3v) is 8.46. The second-order valence-electron chi connectivity index (χ2n) is 11.4. The van der Waals surface area contributed by atoms with Crippen molar-refractivity contribution < 1.29 is 29.0 Å². The number of fused-ring (bicyclic) bond motifs is 6. The molecular formula is C33H38N4O6S. The van der Waals surface area contributed by atoms with Gasteiger partial charge in [-0.1, -0.05) is 38.1 Å². The quantitative estimate of drug-likeness (QED) is 0.203. The monoisotopic (exact) mass is 618 g/mol. The number of nitrogen functional groups attached to an aromatic ring is 1. The summed E-state index contributed by atoms with van der Waals surface area (Å²) in [5.74, 6) is 0.277. The predicted octanol–water partition coefficient (Wildman–Crippen LogP) is 3.90. The molecule has 0 aromatic heterocycles. The lowest BCUT2D eigenvalue weighted by Gasteiger charge is -2.37. The Balaban J connectivity index is 1.42. The van der Waals surface area contributed by atoms with Crippen molar-refractivity contribution in [3.8, 4) is 11.5 Å². The summed E-state index contributed by atoms with van der Waals surface area (Å²) in [7, 11) is 0. The Bertz CT molecular complexity index is 1560. The number of hydrogen-bond acceptors (Lipinski definition) is 8. The van der Waals surface area contributed by atoms with E-state index in [2.05, 4.69) is 28.1 Å². The van der Waals surface area contributed by atoms with Crippen molar-refractivity contribution in [1.29, 1.82) is 0 Å². The highest BCUT2D eigenvalue weighted by atomic mass is 32.2. The number of thioether (sulfide) groups is 1. The molecule has 2 aliphatic heterocycles. The minimum Gasteiger partial charge on any atom is -0.456 e. The van der Waals surface area contributed by atoms with Crippen molar-refractivity contribution >= 4 is 40.9 Å². The van der Waals surface area contributed by atoms with Gasteiger partial charge in [0.05, 0.1) is 6.61 Å². The summed E-state index contributed by atoms with van der Waals surface area (Å²) < 4.78 is 12.9. The van der Waals surface area contributed by atoms with E-state index >= 15 is 0 Å². The van der Waals surface area contributed by atoms with E-state index in [0.29, 0.717) is 48.1 Å². The normalized spacial score (nSPS) is 17.6. The minimum atomic E-state index is -0.894. The average molecular weight is 619 g/mol. The van der Waals surface area contributed by atoms with Gasteiger partial charge in [-0.3, -0.25) is 14.4 Å². The van der Waals surface area contributed by atoms with Crippen LogP contribution in [0, 0.1) is 5.92 Å². The lowest BCUT2D eigenvalue weighted by Crippen LogP contribution is -2.53. The number of amides is 3. The highest BCUT2D eigenvalue weighted by Crippen LogP contribution is 2.56. The fourth-order valence-corrected chi connectivity index (χ4v) is 6.27. The van der Waals surface area contributed by atoms with Crippen molar-refractivity contribution in [3.63, 3.8) is 0 Å². The van der Waals surface area contributed by atoms with E-state index in [9.17, 15) is 19.5 Å². The third kappa shape index (κ3) is 6.26. The highest BCUT2D eigenvalue weighted by Gasteiger charge is 2.49. The van der Waals surface area contributed by atoms with Crippen molar-refractivity contribution in [3.05, 3.63) is 82.9 Å². The molecule has 0 saturated carbocycles. The molecule has 232 valence electrons. The van der Waals surface area contributed by atoms with E-state index in [1.165, 1.54) is 0 Å². The molecule has 3 amide bonds. The average Bonchev–Trinajstić information content (AvgIpc) is 3.38. The molecule has 1 spiro atoms. The first kappa shape index (κ1) is 31.4. The maximum Gasteiger partial charge on any atom is 0.246 e. The summed E-state index contributed by atoms with van der Waals surface area (Å²) in [6, 6.07) is 17.3. The molecule has 44 heavy (non-hydrogen) atoms. The number of ether oxygens (including phenoxy) is 2. The van der Waals surface area contributed by atoms with Gasteiger partial charge in [-0.05, 0) is 66.2 Å². The smallest absolute Gasteiger partial charge is 0.246 e. The lowest BCUT2D eigenvalue weighted by molar-refractivity contribution is -0.132. The van der Waals surface area contributed by atoms with Crippen molar-refractivity contribution in [2.24, 2.45) is 5.92 Å². The van der Waals surface area contributed by atoms with Gasteiger partial charge in [-0.25, -0.2) is 0 Å². The molecule has 1 unspecified atom stereocenters. The Morgan fingerprint density at radius 1 is 0.955 bits per heavy atom. The Morgan fingerprint density at radius 3 is 2.41 bits per heavy atom. The Labute approximate surface area is 261 Å². The van der Waals surface area contributed by atoms with Crippen LogP contribution in [0.4, 0.5) is 11.4 Å². The Morgan fingerprint density at radius 2 is 1.68 bits per heavy atom. The number of carbonyl (C=O) groups is 3. The maximum atomic E-state index is 13.6. The summed E-state index contributed by atoms with van der Waals surface area (Å²) in [6.45, 7) is 3.56. The fraction of sp³-hybridized carbons (Fsp3) is 0.364. The molecule has 0 radical (unpaired) electrons. The van der Waals surface area contributed by atoms with E-state index < -0.39 is 42.0 Å². The van der Waals surface area contributed by atoms with E-state index in [1.807, 2.05) is 50.4 Å². The highest BCUT2D eigenvalue weighted by molar-refractivity contribution is 7.98. The van der Waals surface area contributed by atoms with Gasteiger partial charge in [0.2, 0.25) is 17.7 Å². The van der Waals surface area contributed by atoms with Gasteiger partial charge in [0.15, 0.2) is 5.60 Å². The molecular weight excluding hydrogens is 580 g/mol. The zero-order valence-electron chi connectivity index (χ0n) is 25.0. The van der Waals surface area contributed by atoms with Gasteiger partial charge in [0, 0.05) is 34.6 Å². The van der Waals surface area contributed by atoms with Gasteiger partial charge >= 0.3 is 0 Å².